The molecule has 0 radical (unpaired) electrons. The maximum atomic E-state index is 9.66. The Bertz CT molecular complexity index is 857. The number of piperidine rings is 1. The lowest BCUT2D eigenvalue weighted by Gasteiger charge is -2.34. The second-order valence-electron chi connectivity index (χ2n) is 8.48. The Balaban J connectivity index is 1.28. The van der Waals surface area contributed by atoms with E-state index in [-0.39, 0.29) is 12.2 Å². The number of hydrogen-bond donors (Lipinski definition) is 2. The van der Waals surface area contributed by atoms with E-state index in [9.17, 15) is 5.11 Å². The first kappa shape index (κ1) is 21.8. The highest BCUT2D eigenvalue weighted by atomic mass is 16.5. The van der Waals surface area contributed by atoms with E-state index in [4.69, 9.17) is 4.74 Å². The molecule has 168 valence electrons. The highest BCUT2D eigenvalue weighted by molar-refractivity contribution is 5.80. The van der Waals surface area contributed by atoms with Gasteiger partial charge in [0.25, 0.3) is 0 Å². The largest absolute Gasteiger partial charge is 0.393 e. The van der Waals surface area contributed by atoms with E-state index in [0.717, 1.165) is 63.6 Å². The highest BCUT2D eigenvalue weighted by Crippen LogP contribution is 2.21. The molecule has 0 spiro atoms. The molecule has 0 bridgehead atoms. The molecule has 0 saturated carbocycles. The summed E-state index contributed by atoms with van der Waals surface area (Å²) in [7, 11) is 3.75. The second kappa shape index (κ2) is 10.3. The number of aliphatic hydroxyl groups excluding tert-OH is 1. The van der Waals surface area contributed by atoms with Gasteiger partial charge in [0.15, 0.2) is 5.96 Å². The first-order chi connectivity index (χ1) is 15.1. The van der Waals surface area contributed by atoms with Gasteiger partial charge in [-0.2, -0.15) is 5.10 Å². The zero-order chi connectivity index (χ0) is 21.6. The summed E-state index contributed by atoms with van der Waals surface area (Å²) in [4.78, 5) is 9.16. The van der Waals surface area contributed by atoms with E-state index in [1.165, 1.54) is 11.1 Å². The Kier molecular flexibility index (Phi) is 7.21. The lowest BCUT2D eigenvalue weighted by atomic mass is 10.1. The average Bonchev–Trinajstić information content (AvgIpc) is 3.23. The van der Waals surface area contributed by atoms with Gasteiger partial charge < -0.3 is 20.1 Å². The number of aliphatic hydroxyl groups is 1. The zero-order valence-corrected chi connectivity index (χ0v) is 18.6. The number of rotatable bonds is 5. The Morgan fingerprint density at radius 1 is 1.19 bits per heavy atom. The molecule has 2 aliphatic rings. The summed E-state index contributed by atoms with van der Waals surface area (Å²) in [5.74, 6) is 0.896. The van der Waals surface area contributed by atoms with Crippen molar-refractivity contribution in [3.05, 3.63) is 53.3 Å². The van der Waals surface area contributed by atoms with Crippen molar-refractivity contribution in [1.82, 2.24) is 24.9 Å². The van der Waals surface area contributed by atoms with Crippen molar-refractivity contribution in [3.8, 4) is 0 Å². The quantitative estimate of drug-likeness (QED) is 0.558. The summed E-state index contributed by atoms with van der Waals surface area (Å²) in [5, 5.41) is 17.4. The van der Waals surface area contributed by atoms with Crippen LogP contribution in [0.4, 0.5) is 0 Å². The van der Waals surface area contributed by atoms with Gasteiger partial charge in [-0.15, -0.1) is 0 Å². The minimum Gasteiger partial charge on any atom is -0.393 e. The summed E-state index contributed by atoms with van der Waals surface area (Å²) in [6.07, 6.45) is 5.53. The van der Waals surface area contributed by atoms with Crippen LogP contribution in [-0.4, -0.2) is 76.6 Å². The standard InChI is InChI=1S/C23H34N6O2/c1-24-23(29-11-12-31-22(17-29)20-14-26-27(2)16-20)25-13-18-3-5-19(6-4-18)15-28-9-7-21(30)8-10-28/h3-6,14,16,21-22,30H,7-13,15,17H2,1-2H3,(H,24,25). The summed E-state index contributed by atoms with van der Waals surface area (Å²) in [5.41, 5.74) is 3.65. The first-order valence-electron chi connectivity index (χ1n) is 11.1. The third kappa shape index (κ3) is 5.84. The molecule has 8 nitrogen and oxygen atoms in total. The van der Waals surface area contributed by atoms with Crippen molar-refractivity contribution in [3.63, 3.8) is 0 Å². The molecule has 4 rings (SSSR count). The van der Waals surface area contributed by atoms with E-state index in [2.05, 4.69) is 49.5 Å². The molecule has 1 unspecified atom stereocenters. The van der Waals surface area contributed by atoms with Crippen molar-refractivity contribution in [1.29, 1.82) is 0 Å². The molecule has 1 aromatic heterocycles. The van der Waals surface area contributed by atoms with Crippen LogP contribution in [0.5, 0.6) is 0 Å². The Morgan fingerprint density at radius 2 is 1.94 bits per heavy atom. The van der Waals surface area contributed by atoms with Gasteiger partial charge in [0.2, 0.25) is 0 Å². The molecule has 2 N–H and O–H groups in total. The minimum absolute atomic E-state index is 0.0104. The van der Waals surface area contributed by atoms with Gasteiger partial charge in [-0.25, -0.2) is 0 Å². The molecule has 2 aliphatic heterocycles. The third-order valence-electron chi connectivity index (χ3n) is 6.11. The summed E-state index contributed by atoms with van der Waals surface area (Å²) in [6, 6.07) is 8.79. The lowest BCUT2D eigenvalue weighted by Crippen LogP contribution is -2.47. The van der Waals surface area contributed by atoms with Gasteiger partial charge in [0, 0.05) is 58.6 Å². The number of ether oxygens (including phenoxy) is 1. The van der Waals surface area contributed by atoms with Crippen molar-refractivity contribution < 1.29 is 9.84 Å². The van der Waals surface area contributed by atoms with E-state index in [1.54, 1.807) is 0 Å². The topological polar surface area (TPSA) is 78.2 Å². The molecular formula is C23H34N6O2. The summed E-state index contributed by atoms with van der Waals surface area (Å²) >= 11 is 0. The van der Waals surface area contributed by atoms with Crippen LogP contribution < -0.4 is 5.32 Å². The molecule has 0 aliphatic carbocycles. The first-order valence-corrected chi connectivity index (χ1v) is 11.1. The number of aromatic nitrogens is 2. The Morgan fingerprint density at radius 3 is 2.61 bits per heavy atom. The van der Waals surface area contributed by atoms with Gasteiger partial charge in [0.1, 0.15) is 6.10 Å². The maximum Gasteiger partial charge on any atom is 0.194 e. The fourth-order valence-corrected chi connectivity index (χ4v) is 4.26. The average molecular weight is 427 g/mol. The molecule has 8 heteroatoms. The normalized spacial score (nSPS) is 21.5. The number of likely N-dealkylation sites (tertiary alicyclic amines) is 1. The van der Waals surface area contributed by atoms with E-state index in [1.807, 2.05) is 31.2 Å². The van der Waals surface area contributed by atoms with Crippen molar-refractivity contribution in [2.24, 2.45) is 12.0 Å². The molecule has 1 aromatic carbocycles. The number of aliphatic imine (C=N–C) groups is 1. The monoisotopic (exact) mass is 426 g/mol. The predicted molar refractivity (Wildman–Crippen MR) is 121 cm³/mol. The Labute approximate surface area is 184 Å². The fraction of sp³-hybridized carbons (Fsp3) is 0.565. The minimum atomic E-state index is -0.120. The molecule has 2 saturated heterocycles. The molecule has 0 amide bonds. The molecule has 3 heterocycles. The fourth-order valence-electron chi connectivity index (χ4n) is 4.26. The van der Waals surface area contributed by atoms with Crippen LogP contribution in [0.2, 0.25) is 0 Å². The van der Waals surface area contributed by atoms with Gasteiger partial charge in [-0.05, 0) is 24.0 Å². The van der Waals surface area contributed by atoms with Crippen LogP contribution in [0.1, 0.15) is 35.6 Å². The summed E-state index contributed by atoms with van der Waals surface area (Å²) < 4.78 is 7.76. The number of guanidine groups is 1. The second-order valence-corrected chi connectivity index (χ2v) is 8.48. The zero-order valence-electron chi connectivity index (χ0n) is 18.6. The summed E-state index contributed by atoms with van der Waals surface area (Å²) in [6.45, 7) is 5.88. The van der Waals surface area contributed by atoms with Gasteiger partial charge >= 0.3 is 0 Å². The number of nitrogens with zero attached hydrogens (tertiary/aromatic N) is 5. The predicted octanol–water partition coefficient (Wildman–Crippen LogP) is 1.53. The Hall–Kier alpha value is -2.42. The van der Waals surface area contributed by atoms with E-state index in [0.29, 0.717) is 6.61 Å². The van der Waals surface area contributed by atoms with Crippen molar-refractivity contribution >= 4 is 5.96 Å². The van der Waals surface area contributed by atoms with Crippen molar-refractivity contribution in [2.45, 2.75) is 38.1 Å². The number of benzene rings is 1. The van der Waals surface area contributed by atoms with Crippen LogP contribution in [0, 0.1) is 0 Å². The van der Waals surface area contributed by atoms with Crippen LogP contribution in [0.15, 0.2) is 41.7 Å². The van der Waals surface area contributed by atoms with Crippen LogP contribution in [0.25, 0.3) is 0 Å². The highest BCUT2D eigenvalue weighted by Gasteiger charge is 2.25. The van der Waals surface area contributed by atoms with Crippen LogP contribution >= 0.6 is 0 Å². The van der Waals surface area contributed by atoms with Crippen molar-refractivity contribution in [2.75, 3.05) is 39.8 Å². The molecular weight excluding hydrogens is 392 g/mol. The molecule has 2 fully saturated rings. The maximum absolute atomic E-state index is 9.66. The lowest BCUT2D eigenvalue weighted by molar-refractivity contribution is -0.00805. The van der Waals surface area contributed by atoms with Crippen LogP contribution in [-0.2, 0) is 24.9 Å². The van der Waals surface area contributed by atoms with E-state index >= 15 is 0 Å². The van der Waals surface area contributed by atoms with E-state index < -0.39 is 0 Å². The van der Waals surface area contributed by atoms with Crippen LogP contribution in [0.3, 0.4) is 0 Å². The van der Waals surface area contributed by atoms with Gasteiger partial charge in [0.05, 0.1) is 25.5 Å². The molecule has 1 atom stereocenters. The number of nitrogens with one attached hydrogen (secondary N) is 1. The number of hydrogen-bond acceptors (Lipinski definition) is 5. The molecule has 31 heavy (non-hydrogen) atoms. The molecule has 2 aromatic rings. The third-order valence-corrected chi connectivity index (χ3v) is 6.11. The number of aryl methyl sites for hydroxylation is 1. The smallest absolute Gasteiger partial charge is 0.194 e. The SMILES string of the molecule is CN=C(NCc1ccc(CN2CCC(O)CC2)cc1)N1CCOC(c2cnn(C)c2)C1. The number of morpholine rings is 1. The van der Waals surface area contributed by atoms with Gasteiger partial charge in [-0.1, -0.05) is 24.3 Å². The van der Waals surface area contributed by atoms with Gasteiger partial charge in [-0.3, -0.25) is 14.6 Å².